The van der Waals surface area contributed by atoms with Crippen molar-refractivity contribution in [2.24, 2.45) is 0 Å². The van der Waals surface area contributed by atoms with Crippen LogP contribution in [0.1, 0.15) is 12.8 Å². The van der Waals surface area contributed by atoms with E-state index in [0.717, 1.165) is 0 Å². The summed E-state index contributed by atoms with van der Waals surface area (Å²) in [6.07, 6.45) is 0.622. The minimum absolute atomic E-state index is 0.0527. The molecule has 5 heteroatoms. The van der Waals surface area contributed by atoms with Gasteiger partial charge < -0.3 is 19.5 Å². The van der Waals surface area contributed by atoms with E-state index in [2.05, 4.69) is 0 Å². The van der Waals surface area contributed by atoms with Gasteiger partial charge in [-0.1, -0.05) is 12.1 Å². The first kappa shape index (κ1) is 12.5. The number of nitrogens with zero attached hydrogens (tertiary/aromatic N) is 1. The van der Waals surface area contributed by atoms with E-state index in [9.17, 15) is 4.79 Å². The van der Waals surface area contributed by atoms with Crippen LogP contribution < -0.4 is 9.47 Å². The molecule has 0 saturated carbocycles. The first-order valence-electron chi connectivity index (χ1n) is 5.98. The van der Waals surface area contributed by atoms with Crippen LogP contribution in [0, 0.1) is 0 Å². The predicted molar refractivity (Wildman–Crippen MR) is 66.2 cm³/mol. The number of carbonyl (C=O) groups is 1. The second-order valence-electron chi connectivity index (χ2n) is 4.24. The molecule has 18 heavy (non-hydrogen) atoms. The third kappa shape index (κ3) is 2.85. The van der Waals surface area contributed by atoms with Crippen LogP contribution in [0.4, 0.5) is 4.79 Å². The van der Waals surface area contributed by atoms with Crippen LogP contribution in [0.25, 0.3) is 0 Å². The lowest BCUT2D eigenvalue weighted by molar-refractivity contribution is 0.0878. The van der Waals surface area contributed by atoms with Gasteiger partial charge in [0.1, 0.15) is 6.10 Å². The van der Waals surface area contributed by atoms with E-state index in [4.69, 9.17) is 14.6 Å². The molecule has 1 aliphatic heterocycles. The highest BCUT2D eigenvalue weighted by molar-refractivity contribution is 5.65. The average molecular weight is 251 g/mol. The van der Waals surface area contributed by atoms with Crippen molar-refractivity contribution in [3.05, 3.63) is 24.3 Å². The van der Waals surface area contributed by atoms with Gasteiger partial charge >= 0.3 is 6.09 Å². The van der Waals surface area contributed by atoms with Crippen molar-refractivity contribution >= 4 is 6.09 Å². The number of likely N-dealkylation sites (tertiary alicyclic amines) is 1. The van der Waals surface area contributed by atoms with Crippen LogP contribution in [0.5, 0.6) is 11.5 Å². The van der Waals surface area contributed by atoms with Gasteiger partial charge in [-0.15, -0.1) is 0 Å². The maximum absolute atomic E-state index is 10.8. The number of rotatable bonds is 3. The monoisotopic (exact) mass is 251 g/mol. The first-order chi connectivity index (χ1) is 8.70. The van der Waals surface area contributed by atoms with E-state index < -0.39 is 6.09 Å². The van der Waals surface area contributed by atoms with E-state index in [1.807, 2.05) is 24.3 Å². The van der Waals surface area contributed by atoms with Crippen LogP contribution in [0.2, 0.25) is 0 Å². The lowest BCUT2D eigenvalue weighted by atomic mass is 10.1. The summed E-state index contributed by atoms with van der Waals surface area (Å²) in [6, 6.07) is 7.49. The van der Waals surface area contributed by atoms with E-state index >= 15 is 0 Å². The summed E-state index contributed by atoms with van der Waals surface area (Å²) in [5.41, 5.74) is 0. The Bertz CT molecular complexity index is 413. The van der Waals surface area contributed by atoms with E-state index in [1.165, 1.54) is 4.90 Å². The van der Waals surface area contributed by atoms with Gasteiger partial charge in [0.25, 0.3) is 0 Å². The largest absolute Gasteiger partial charge is 0.493 e. The Morgan fingerprint density at radius 3 is 2.44 bits per heavy atom. The minimum atomic E-state index is -0.856. The number of para-hydroxylation sites is 2. The number of piperidine rings is 1. The Balaban J connectivity index is 1.93. The lowest BCUT2D eigenvalue weighted by Crippen LogP contribution is -2.41. The molecule has 1 amide bonds. The van der Waals surface area contributed by atoms with Crippen molar-refractivity contribution in [2.75, 3.05) is 20.2 Å². The standard InChI is InChI=1S/C13H17NO4/c1-17-11-4-2-3-5-12(11)18-10-6-8-14(9-7-10)13(15)16/h2-5,10H,6-9H2,1H3,(H,15,16). The molecule has 0 atom stereocenters. The molecule has 2 rings (SSSR count). The van der Waals surface area contributed by atoms with Gasteiger partial charge in [-0.05, 0) is 12.1 Å². The molecular weight excluding hydrogens is 234 g/mol. The van der Waals surface area contributed by atoms with Crippen molar-refractivity contribution in [3.8, 4) is 11.5 Å². The molecule has 1 fully saturated rings. The van der Waals surface area contributed by atoms with Gasteiger partial charge in [0.15, 0.2) is 11.5 Å². The van der Waals surface area contributed by atoms with Crippen LogP contribution in [0.15, 0.2) is 24.3 Å². The Morgan fingerprint density at radius 2 is 1.89 bits per heavy atom. The van der Waals surface area contributed by atoms with Gasteiger partial charge in [-0.25, -0.2) is 4.79 Å². The number of carboxylic acid groups (broad SMARTS) is 1. The van der Waals surface area contributed by atoms with Crippen molar-refractivity contribution in [2.45, 2.75) is 18.9 Å². The fourth-order valence-corrected chi connectivity index (χ4v) is 2.06. The number of methoxy groups -OCH3 is 1. The van der Waals surface area contributed by atoms with Gasteiger partial charge in [0, 0.05) is 25.9 Å². The number of hydrogen-bond donors (Lipinski definition) is 1. The Hall–Kier alpha value is -1.91. The normalized spacial score (nSPS) is 16.4. The Morgan fingerprint density at radius 1 is 1.28 bits per heavy atom. The second-order valence-corrected chi connectivity index (χ2v) is 4.24. The zero-order chi connectivity index (χ0) is 13.0. The van der Waals surface area contributed by atoms with Crippen LogP contribution in [-0.2, 0) is 0 Å². The van der Waals surface area contributed by atoms with Crippen LogP contribution >= 0.6 is 0 Å². The van der Waals surface area contributed by atoms with Crippen molar-refractivity contribution in [1.29, 1.82) is 0 Å². The summed E-state index contributed by atoms with van der Waals surface area (Å²) in [6.45, 7) is 1.05. The molecule has 1 aliphatic rings. The zero-order valence-corrected chi connectivity index (χ0v) is 10.3. The summed E-state index contributed by atoms with van der Waals surface area (Å²) in [5.74, 6) is 1.42. The van der Waals surface area contributed by atoms with Gasteiger partial charge in [-0.3, -0.25) is 0 Å². The number of benzene rings is 1. The molecule has 0 aromatic heterocycles. The average Bonchev–Trinajstić information content (AvgIpc) is 2.40. The summed E-state index contributed by atoms with van der Waals surface area (Å²) in [7, 11) is 1.61. The van der Waals surface area contributed by atoms with Crippen molar-refractivity contribution in [3.63, 3.8) is 0 Å². The maximum Gasteiger partial charge on any atom is 0.407 e. The molecule has 1 N–H and O–H groups in total. The fourth-order valence-electron chi connectivity index (χ4n) is 2.06. The highest BCUT2D eigenvalue weighted by Crippen LogP contribution is 2.28. The molecule has 0 spiro atoms. The molecule has 1 saturated heterocycles. The minimum Gasteiger partial charge on any atom is -0.493 e. The molecular formula is C13H17NO4. The number of ether oxygens (including phenoxy) is 2. The number of hydrogen-bond acceptors (Lipinski definition) is 3. The molecule has 5 nitrogen and oxygen atoms in total. The topological polar surface area (TPSA) is 59.0 Å². The molecule has 1 aromatic rings. The Kier molecular flexibility index (Phi) is 3.92. The zero-order valence-electron chi connectivity index (χ0n) is 10.3. The summed E-state index contributed by atoms with van der Waals surface area (Å²) in [5, 5.41) is 8.86. The molecule has 1 aromatic carbocycles. The quantitative estimate of drug-likeness (QED) is 0.894. The smallest absolute Gasteiger partial charge is 0.407 e. The lowest BCUT2D eigenvalue weighted by Gasteiger charge is -2.30. The molecule has 0 aliphatic carbocycles. The number of amides is 1. The van der Waals surface area contributed by atoms with Crippen molar-refractivity contribution < 1.29 is 19.4 Å². The summed E-state index contributed by atoms with van der Waals surface area (Å²) in [4.78, 5) is 12.2. The molecule has 98 valence electrons. The van der Waals surface area contributed by atoms with Crippen molar-refractivity contribution in [1.82, 2.24) is 4.90 Å². The molecule has 0 bridgehead atoms. The summed E-state index contributed by atoms with van der Waals surface area (Å²) >= 11 is 0. The van der Waals surface area contributed by atoms with Crippen LogP contribution in [0.3, 0.4) is 0 Å². The molecule has 0 unspecified atom stereocenters. The highest BCUT2D eigenvalue weighted by atomic mass is 16.5. The fraction of sp³-hybridized carbons (Fsp3) is 0.462. The van der Waals surface area contributed by atoms with Gasteiger partial charge in [0.05, 0.1) is 7.11 Å². The van der Waals surface area contributed by atoms with E-state index in [0.29, 0.717) is 37.4 Å². The molecule has 0 radical (unpaired) electrons. The van der Waals surface area contributed by atoms with Gasteiger partial charge in [0.2, 0.25) is 0 Å². The predicted octanol–water partition coefficient (Wildman–Crippen LogP) is 2.22. The maximum atomic E-state index is 10.8. The van der Waals surface area contributed by atoms with E-state index in [-0.39, 0.29) is 6.10 Å². The van der Waals surface area contributed by atoms with Crippen LogP contribution in [-0.4, -0.2) is 42.4 Å². The second kappa shape index (κ2) is 5.62. The first-order valence-corrected chi connectivity index (χ1v) is 5.98. The summed E-state index contributed by atoms with van der Waals surface area (Å²) < 4.78 is 11.1. The SMILES string of the molecule is COc1ccccc1OC1CCN(C(=O)O)CC1. The third-order valence-electron chi connectivity index (χ3n) is 3.08. The molecule has 1 heterocycles. The highest BCUT2D eigenvalue weighted by Gasteiger charge is 2.23. The van der Waals surface area contributed by atoms with Gasteiger partial charge in [-0.2, -0.15) is 0 Å². The van der Waals surface area contributed by atoms with E-state index in [1.54, 1.807) is 7.11 Å². The Labute approximate surface area is 106 Å². The third-order valence-corrected chi connectivity index (χ3v) is 3.08.